The van der Waals surface area contributed by atoms with Crippen LogP contribution in [0.1, 0.15) is 23.1 Å². The minimum atomic E-state index is -4.84. The van der Waals surface area contributed by atoms with Gasteiger partial charge in [-0.2, -0.15) is 31.4 Å². The highest BCUT2D eigenvalue weighted by Crippen LogP contribution is 2.30. The number of piperazine rings is 1. The second-order valence-corrected chi connectivity index (χ2v) is 8.29. The molecule has 2 aromatic heterocycles. The lowest BCUT2D eigenvalue weighted by Crippen LogP contribution is -2.49. The van der Waals surface area contributed by atoms with Crippen LogP contribution in [-0.4, -0.2) is 57.2 Å². The zero-order valence-electron chi connectivity index (χ0n) is 19.1. The summed E-state index contributed by atoms with van der Waals surface area (Å²) >= 11 is 0. The Morgan fingerprint density at radius 3 is 2.22 bits per heavy atom. The molecule has 1 fully saturated rings. The van der Waals surface area contributed by atoms with E-state index in [-0.39, 0.29) is 30.4 Å². The number of carbonyl (C=O) groups excluding carboxylic acids is 1. The van der Waals surface area contributed by atoms with Crippen LogP contribution in [0, 0.1) is 0 Å². The van der Waals surface area contributed by atoms with Crippen molar-refractivity contribution >= 4 is 11.9 Å². The summed E-state index contributed by atoms with van der Waals surface area (Å²) in [6, 6.07) is 7.21. The minimum absolute atomic E-state index is 0.0693. The number of aromatic nitrogens is 4. The predicted octanol–water partition coefficient (Wildman–Crippen LogP) is 3.55. The number of benzene rings is 1. The van der Waals surface area contributed by atoms with Crippen LogP contribution in [0.15, 0.2) is 47.5 Å². The molecule has 0 radical (unpaired) electrons. The number of H-pyrrole nitrogens is 1. The van der Waals surface area contributed by atoms with E-state index in [2.05, 4.69) is 15.1 Å². The van der Waals surface area contributed by atoms with Crippen LogP contribution in [0.2, 0.25) is 0 Å². The second-order valence-electron chi connectivity index (χ2n) is 8.29. The van der Waals surface area contributed by atoms with Crippen LogP contribution in [0.4, 0.5) is 32.3 Å². The average molecular weight is 526 g/mol. The third-order valence-electron chi connectivity index (χ3n) is 5.89. The summed E-state index contributed by atoms with van der Waals surface area (Å²) in [5.74, 6) is -0.0474. The van der Waals surface area contributed by atoms with Gasteiger partial charge in [0, 0.05) is 50.6 Å². The molecule has 0 aliphatic carbocycles. The highest BCUT2D eigenvalue weighted by atomic mass is 19.4. The number of nitrogens with zero attached hydrogens (tertiary/aromatic N) is 5. The van der Waals surface area contributed by atoms with Gasteiger partial charge in [-0.05, 0) is 18.1 Å². The number of amides is 1. The Balaban J connectivity index is 1.38. The monoisotopic (exact) mass is 526 g/mol. The van der Waals surface area contributed by atoms with E-state index in [4.69, 9.17) is 0 Å². The van der Waals surface area contributed by atoms with Gasteiger partial charge in [0.05, 0.1) is 11.3 Å². The predicted molar refractivity (Wildman–Crippen MR) is 119 cm³/mol. The number of rotatable bonds is 5. The van der Waals surface area contributed by atoms with E-state index < -0.39 is 29.0 Å². The van der Waals surface area contributed by atoms with E-state index in [1.165, 1.54) is 0 Å². The van der Waals surface area contributed by atoms with Crippen molar-refractivity contribution in [1.29, 1.82) is 0 Å². The molecule has 3 heterocycles. The van der Waals surface area contributed by atoms with Gasteiger partial charge in [-0.15, -0.1) is 0 Å². The second kappa shape index (κ2) is 10.2. The molecular weight excluding hydrogens is 506 g/mol. The Bertz CT molecular complexity index is 1310. The summed E-state index contributed by atoms with van der Waals surface area (Å²) in [6.07, 6.45) is -7.65. The molecule has 1 saturated heterocycles. The van der Waals surface area contributed by atoms with Crippen molar-refractivity contribution in [2.45, 2.75) is 25.2 Å². The van der Waals surface area contributed by atoms with E-state index in [1.807, 2.05) is 5.10 Å². The Morgan fingerprint density at radius 2 is 1.59 bits per heavy atom. The van der Waals surface area contributed by atoms with Crippen molar-refractivity contribution in [3.8, 4) is 11.3 Å². The molecule has 3 aromatic rings. The van der Waals surface area contributed by atoms with Gasteiger partial charge in [0.2, 0.25) is 11.9 Å². The summed E-state index contributed by atoms with van der Waals surface area (Å²) in [4.78, 5) is 35.2. The number of carbonyl (C=O) groups is 1. The number of aromatic amines is 1. The molecule has 1 aromatic carbocycles. The van der Waals surface area contributed by atoms with Crippen molar-refractivity contribution in [3.63, 3.8) is 0 Å². The molecule has 0 unspecified atom stereocenters. The summed E-state index contributed by atoms with van der Waals surface area (Å²) in [6.45, 7) is 1.27. The van der Waals surface area contributed by atoms with Crippen molar-refractivity contribution in [3.05, 3.63) is 69.8 Å². The molecule has 8 nitrogen and oxygen atoms in total. The lowest BCUT2D eigenvalue weighted by molar-refractivity contribution is -0.139. The van der Waals surface area contributed by atoms with Crippen LogP contribution in [-0.2, 0) is 23.6 Å². The van der Waals surface area contributed by atoms with Gasteiger partial charge in [0.15, 0.2) is 0 Å². The molecule has 0 spiro atoms. The van der Waals surface area contributed by atoms with Crippen molar-refractivity contribution in [1.82, 2.24) is 25.1 Å². The van der Waals surface area contributed by atoms with E-state index in [0.717, 1.165) is 0 Å². The minimum Gasteiger partial charge on any atom is -0.339 e. The van der Waals surface area contributed by atoms with Gasteiger partial charge in [0.25, 0.3) is 5.56 Å². The number of alkyl halides is 6. The molecule has 1 aliphatic rings. The molecule has 0 atom stereocenters. The van der Waals surface area contributed by atoms with Gasteiger partial charge < -0.3 is 9.80 Å². The first-order chi connectivity index (χ1) is 17.4. The first-order valence-electron chi connectivity index (χ1n) is 11.1. The summed E-state index contributed by atoms with van der Waals surface area (Å²) < 4.78 is 77.6. The van der Waals surface area contributed by atoms with Crippen LogP contribution in [0.3, 0.4) is 0 Å². The molecular formula is C23H20F6N6O2. The number of aryl methyl sites for hydroxylation is 1. The Hall–Kier alpha value is -3.97. The van der Waals surface area contributed by atoms with Crippen molar-refractivity contribution in [2.75, 3.05) is 31.1 Å². The number of hydrogen-bond acceptors (Lipinski definition) is 6. The Morgan fingerprint density at radius 1 is 0.946 bits per heavy atom. The Labute approximate surface area is 206 Å². The lowest BCUT2D eigenvalue weighted by Gasteiger charge is -2.34. The average Bonchev–Trinajstić information content (AvgIpc) is 2.87. The number of halogens is 6. The number of hydrogen-bond donors (Lipinski definition) is 1. The van der Waals surface area contributed by atoms with E-state index in [1.54, 1.807) is 34.1 Å². The van der Waals surface area contributed by atoms with Crippen LogP contribution < -0.4 is 10.5 Å². The van der Waals surface area contributed by atoms with Gasteiger partial charge in [-0.25, -0.2) is 15.1 Å². The maximum Gasteiger partial charge on any atom is 0.421 e. The first-order valence-corrected chi connectivity index (χ1v) is 11.1. The van der Waals surface area contributed by atoms with Crippen molar-refractivity contribution in [2.24, 2.45) is 0 Å². The normalized spacial score (nSPS) is 14.6. The highest BCUT2D eigenvalue weighted by Gasteiger charge is 2.35. The summed E-state index contributed by atoms with van der Waals surface area (Å²) in [7, 11) is 0. The van der Waals surface area contributed by atoms with Crippen molar-refractivity contribution < 1.29 is 31.1 Å². The molecule has 1 amide bonds. The molecule has 4 rings (SSSR count). The maximum atomic E-state index is 13.2. The number of nitrogens with one attached hydrogen (secondary N) is 1. The van der Waals surface area contributed by atoms with Gasteiger partial charge in [0.1, 0.15) is 5.56 Å². The van der Waals surface area contributed by atoms with Gasteiger partial charge in [-0.1, -0.05) is 24.3 Å². The summed E-state index contributed by atoms with van der Waals surface area (Å²) in [5.41, 5.74) is -2.78. The van der Waals surface area contributed by atoms with E-state index >= 15 is 0 Å². The molecule has 0 saturated carbocycles. The SMILES string of the molecule is O=C(CCc1ccccc1-c1cc(C(F)(F)F)c(=O)[nH]n1)N1CCN(c2ncc(C(F)(F)F)cn2)CC1. The fraction of sp³-hybridized carbons (Fsp3) is 0.348. The van der Waals surface area contributed by atoms with E-state index in [9.17, 15) is 35.9 Å². The topological polar surface area (TPSA) is 95.1 Å². The standard InChI is InChI=1S/C23H20F6N6O2/c24-22(25,26)15-12-30-21(31-13-15)35-9-7-34(8-10-35)19(36)6-5-14-3-1-2-4-16(14)18-11-17(23(27,28)29)20(37)33-32-18/h1-4,11-13H,5-10H2,(H,33,37). The Kier molecular flexibility index (Phi) is 7.18. The van der Waals surface area contributed by atoms with Crippen LogP contribution >= 0.6 is 0 Å². The lowest BCUT2D eigenvalue weighted by atomic mass is 9.99. The van der Waals surface area contributed by atoms with Gasteiger partial charge in [-0.3, -0.25) is 9.59 Å². The maximum absolute atomic E-state index is 13.2. The zero-order valence-corrected chi connectivity index (χ0v) is 19.1. The van der Waals surface area contributed by atoms with E-state index in [0.29, 0.717) is 55.8 Å². The molecule has 196 valence electrons. The third-order valence-corrected chi connectivity index (χ3v) is 5.89. The molecule has 0 bridgehead atoms. The third kappa shape index (κ3) is 6.06. The van der Waals surface area contributed by atoms with Crippen LogP contribution in [0.25, 0.3) is 11.3 Å². The molecule has 14 heteroatoms. The smallest absolute Gasteiger partial charge is 0.339 e. The number of anilines is 1. The van der Waals surface area contributed by atoms with Crippen LogP contribution in [0.5, 0.6) is 0 Å². The molecule has 1 aliphatic heterocycles. The van der Waals surface area contributed by atoms with Gasteiger partial charge >= 0.3 is 12.4 Å². The largest absolute Gasteiger partial charge is 0.421 e. The fourth-order valence-corrected chi connectivity index (χ4v) is 3.93. The molecule has 1 N–H and O–H groups in total. The first kappa shape index (κ1) is 26.1. The highest BCUT2D eigenvalue weighted by molar-refractivity contribution is 5.77. The summed E-state index contributed by atoms with van der Waals surface area (Å²) in [5, 5.41) is 5.62. The quantitative estimate of drug-likeness (QED) is 0.511. The zero-order chi connectivity index (χ0) is 26.8. The molecule has 37 heavy (non-hydrogen) atoms. The fourth-order valence-electron chi connectivity index (χ4n) is 3.93.